The maximum Gasteiger partial charge on any atom is 0.314 e. The van der Waals surface area contributed by atoms with Crippen molar-refractivity contribution < 1.29 is 19.0 Å². The summed E-state index contributed by atoms with van der Waals surface area (Å²) in [5.41, 5.74) is -0.422. The van der Waals surface area contributed by atoms with Crippen molar-refractivity contribution in [3.8, 4) is 0 Å². The molecule has 0 amide bonds. The molecule has 19 heavy (non-hydrogen) atoms. The van der Waals surface area contributed by atoms with Crippen LogP contribution in [0.2, 0.25) is 0 Å². The van der Waals surface area contributed by atoms with Crippen molar-refractivity contribution >= 4 is 21.9 Å². The van der Waals surface area contributed by atoms with Crippen LogP contribution in [0, 0.1) is 5.82 Å². The summed E-state index contributed by atoms with van der Waals surface area (Å²) in [7, 11) is 1.49. The highest BCUT2D eigenvalue weighted by molar-refractivity contribution is 9.10. The third-order valence-electron chi connectivity index (χ3n) is 3.79. The smallest absolute Gasteiger partial charge is 0.314 e. The number of carboxylic acid groups (broad SMARTS) is 1. The molecule has 5 heteroatoms. The fraction of sp³-hybridized carbons (Fsp3) is 0.500. The van der Waals surface area contributed by atoms with Crippen LogP contribution >= 0.6 is 15.9 Å². The molecule has 0 radical (unpaired) electrons. The molecule has 0 atom stereocenters. The fourth-order valence-electron chi connectivity index (χ4n) is 2.83. The molecule has 0 aromatic heterocycles. The molecule has 0 bridgehead atoms. The minimum absolute atomic E-state index is 0.133. The van der Waals surface area contributed by atoms with Gasteiger partial charge in [0, 0.05) is 22.7 Å². The first-order valence-corrected chi connectivity index (χ1v) is 7.01. The summed E-state index contributed by atoms with van der Waals surface area (Å²) in [6, 6.07) is 3.22. The van der Waals surface area contributed by atoms with Crippen LogP contribution in [-0.2, 0) is 21.6 Å². The average molecular weight is 331 g/mol. The summed E-state index contributed by atoms with van der Waals surface area (Å²) in [5.74, 6) is -1.39. The molecule has 1 N–H and O–H groups in total. The van der Waals surface area contributed by atoms with Crippen LogP contribution < -0.4 is 0 Å². The van der Waals surface area contributed by atoms with Crippen molar-refractivity contribution in [1.29, 1.82) is 0 Å². The van der Waals surface area contributed by atoms with Crippen molar-refractivity contribution in [3.63, 3.8) is 0 Å². The summed E-state index contributed by atoms with van der Waals surface area (Å²) in [4.78, 5) is 11.6. The van der Waals surface area contributed by atoms with Gasteiger partial charge in [0.15, 0.2) is 0 Å². The highest BCUT2D eigenvalue weighted by Crippen LogP contribution is 2.43. The number of hydrogen-bond acceptors (Lipinski definition) is 2. The maximum absolute atomic E-state index is 14.5. The molecule has 1 aromatic carbocycles. The number of carboxylic acids is 1. The Hall–Kier alpha value is -0.940. The van der Waals surface area contributed by atoms with E-state index >= 15 is 0 Å². The molecule has 0 unspecified atom stereocenters. The number of aliphatic carboxylic acids is 1. The average Bonchev–Trinajstić information content (AvgIpc) is 2.84. The first kappa shape index (κ1) is 14.5. The number of halogens is 2. The Bertz CT molecular complexity index is 496. The van der Waals surface area contributed by atoms with Crippen LogP contribution in [0.4, 0.5) is 4.39 Å². The van der Waals surface area contributed by atoms with Gasteiger partial charge in [0.25, 0.3) is 0 Å². The molecule has 1 aliphatic rings. The van der Waals surface area contributed by atoms with Gasteiger partial charge in [-0.15, -0.1) is 0 Å². The van der Waals surface area contributed by atoms with E-state index in [1.807, 2.05) is 0 Å². The Morgan fingerprint density at radius 1 is 1.47 bits per heavy atom. The Balaban J connectivity index is 2.57. The largest absolute Gasteiger partial charge is 0.481 e. The number of ether oxygens (including phenoxy) is 1. The van der Waals surface area contributed by atoms with Crippen LogP contribution in [0.1, 0.15) is 36.8 Å². The zero-order valence-electron chi connectivity index (χ0n) is 10.7. The van der Waals surface area contributed by atoms with E-state index in [-0.39, 0.29) is 12.2 Å². The van der Waals surface area contributed by atoms with Gasteiger partial charge in [0.2, 0.25) is 0 Å². The van der Waals surface area contributed by atoms with Gasteiger partial charge in [0.1, 0.15) is 5.82 Å². The van der Waals surface area contributed by atoms with Gasteiger partial charge in [-0.05, 0) is 25.0 Å². The summed E-state index contributed by atoms with van der Waals surface area (Å²) in [5, 5.41) is 9.54. The predicted octanol–water partition coefficient (Wildman–Crippen LogP) is 3.63. The topological polar surface area (TPSA) is 46.5 Å². The quantitative estimate of drug-likeness (QED) is 0.916. The minimum Gasteiger partial charge on any atom is -0.481 e. The first-order valence-electron chi connectivity index (χ1n) is 6.22. The first-order chi connectivity index (χ1) is 9.01. The Morgan fingerprint density at radius 2 is 2.11 bits per heavy atom. The lowest BCUT2D eigenvalue weighted by Crippen LogP contribution is -2.34. The third kappa shape index (κ3) is 2.54. The van der Waals surface area contributed by atoms with Crippen LogP contribution in [0.5, 0.6) is 0 Å². The maximum atomic E-state index is 14.5. The molecule has 1 fully saturated rings. The molecule has 1 aromatic rings. The minimum atomic E-state index is -1.09. The van der Waals surface area contributed by atoms with Crippen LogP contribution in [0.3, 0.4) is 0 Å². The Labute approximate surface area is 119 Å². The van der Waals surface area contributed by atoms with Crippen molar-refractivity contribution in [2.45, 2.75) is 37.7 Å². The molecular weight excluding hydrogens is 315 g/mol. The highest BCUT2D eigenvalue weighted by atomic mass is 79.9. The SMILES string of the molecule is COCc1cc(Br)cc(C2(C(=O)O)CCCC2)c1F. The standard InChI is InChI=1S/C14H16BrFO3/c1-19-8-9-6-10(15)7-11(12(9)16)14(13(17)18)4-2-3-5-14/h6-7H,2-5,8H2,1H3,(H,17,18). The lowest BCUT2D eigenvalue weighted by atomic mass is 9.78. The second kappa shape index (κ2) is 5.59. The molecule has 1 saturated carbocycles. The van der Waals surface area contributed by atoms with Crippen LogP contribution in [0.25, 0.3) is 0 Å². The summed E-state index contributed by atoms with van der Waals surface area (Å²) in [6.07, 6.45) is 2.61. The zero-order chi connectivity index (χ0) is 14.0. The van der Waals surface area contributed by atoms with Crippen molar-refractivity contribution in [1.82, 2.24) is 0 Å². The van der Waals surface area contributed by atoms with Crippen molar-refractivity contribution in [2.24, 2.45) is 0 Å². The Morgan fingerprint density at radius 3 is 2.63 bits per heavy atom. The summed E-state index contributed by atoms with van der Waals surface area (Å²) in [6.45, 7) is 0.133. The molecule has 0 spiro atoms. The highest BCUT2D eigenvalue weighted by Gasteiger charge is 2.45. The monoisotopic (exact) mass is 330 g/mol. The lowest BCUT2D eigenvalue weighted by molar-refractivity contribution is -0.143. The van der Waals surface area contributed by atoms with E-state index in [9.17, 15) is 14.3 Å². The predicted molar refractivity (Wildman–Crippen MR) is 72.6 cm³/mol. The normalized spacial score (nSPS) is 17.6. The van der Waals surface area contributed by atoms with Gasteiger partial charge < -0.3 is 9.84 Å². The number of methoxy groups -OCH3 is 1. The number of benzene rings is 1. The van der Waals surface area contributed by atoms with Gasteiger partial charge >= 0.3 is 5.97 Å². The fourth-order valence-corrected chi connectivity index (χ4v) is 3.34. The van der Waals surface area contributed by atoms with Gasteiger partial charge in [-0.3, -0.25) is 4.79 Å². The van der Waals surface area contributed by atoms with Gasteiger partial charge in [-0.1, -0.05) is 28.8 Å². The second-order valence-electron chi connectivity index (χ2n) is 4.95. The van der Waals surface area contributed by atoms with Crippen LogP contribution in [0.15, 0.2) is 16.6 Å². The molecule has 0 saturated heterocycles. The van der Waals surface area contributed by atoms with E-state index in [0.29, 0.717) is 22.9 Å². The molecule has 0 heterocycles. The summed E-state index contributed by atoms with van der Waals surface area (Å²) >= 11 is 3.32. The van der Waals surface area contributed by atoms with Crippen LogP contribution in [-0.4, -0.2) is 18.2 Å². The van der Waals surface area contributed by atoms with E-state index in [1.54, 1.807) is 12.1 Å². The molecule has 1 aliphatic carbocycles. The molecule has 3 nitrogen and oxygen atoms in total. The van der Waals surface area contributed by atoms with E-state index in [4.69, 9.17) is 4.74 Å². The van der Waals surface area contributed by atoms with Gasteiger partial charge in [0.05, 0.1) is 12.0 Å². The Kier molecular flexibility index (Phi) is 4.26. The number of hydrogen-bond donors (Lipinski definition) is 1. The summed E-state index contributed by atoms with van der Waals surface area (Å²) < 4.78 is 20.2. The van der Waals surface area contributed by atoms with Crippen molar-refractivity contribution in [2.75, 3.05) is 7.11 Å². The van der Waals surface area contributed by atoms with E-state index < -0.39 is 17.2 Å². The molecule has 104 valence electrons. The molecule has 0 aliphatic heterocycles. The van der Waals surface area contributed by atoms with Crippen molar-refractivity contribution in [3.05, 3.63) is 33.5 Å². The third-order valence-corrected chi connectivity index (χ3v) is 4.25. The van der Waals surface area contributed by atoms with Gasteiger partial charge in [-0.25, -0.2) is 4.39 Å². The second-order valence-corrected chi connectivity index (χ2v) is 5.87. The van der Waals surface area contributed by atoms with E-state index in [0.717, 1.165) is 12.8 Å². The van der Waals surface area contributed by atoms with E-state index in [2.05, 4.69) is 15.9 Å². The van der Waals surface area contributed by atoms with E-state index in [1.165, 1.54) is 7.11 Å². The zero-order valence-corrected chi connectivity index (χ0v) is 12.3. The van der Waals surface area contributed by atoms with Gasteiger partial charge in [-0.2, -0.15) is 0 Å². The number of carbonyl (C=O) groups is 1. The number of rotatable bonds is 4. The lowest BCUT2D eigenvalue weighted by Gasteiger charge is -2.26. The molecule has 2 rings (SSSR count). The molecular formula is C14H16BrFO3.